The summed E-state index contributed by atoms with van der Waals surface area (Å²) in [7, 11) is 0.593. The van der Waals surface area contributed by atoms with Crippen LogP contribution in [0.25, 0.3) is 0 Å². The van der Waals surface area contributed by atoms with Crippen molar-refractivity contribution in [1.82, 2.24) is 4.90 Å². The van der Waals surface area contributed by atoms with Gasteiger partial charge in [-0.1, -0.05) is 6.92 Å². The van der Waals surface area contributed by atoms with Gasteiger partial charge >= 0.3 is 0 Å². The number of halogens is 3. The number of amides is 1. The molecule has 1 aliphatic rings. The van der Waals surface area contributed by atoms with Crippen LogP contribution in [-0.4, -0.2) is 32.3 Å². The molecule has 0 saturated carbocycles. The molecule has 0 atom stereocenters. The lowest BCUT2D eigenvalue weighted by Crippen LogP contribution is -2.38. The van der Waals surface area contributed by atoms with E-state index in [2.05, 4.69) is 0 Å². The van der Waals surface area contributed by atoms with E-state index in [0.717, 1.165) is 12.8 Å². The minimum absolute atomic E-state index is 0.429. The second-order valence-electron chi connectivity index (χ2n) is 5.18. The van der Waals surface area contributed by atoms with E-state index in [9.17, 15) is 22.0 Å². The zero-order chi connectivity index (χ0) is 15.8. The number of hydrogen-bond acceptors (Lipinski definition) is 3. The molecule has 2 rings (SSSR count). The largest absolute Gasteiger partial charge is 0.339 e. The van der Waals surface area contributed by atoms with E-state index in [1.165, 1.54) is 4.90 Å². The van der Waals surface area contributed by atoms with Gasteiger partial charge in [-0.25, -0.2) is 17.2 Å². The van der Waals surface area contributed by atoms with E-state index >= 15 is 0 Å². The molecule has 1 aliphatic heterocycles. The van der Waals surface area contributed by atoms with Crippen molar-refractivity contribution in [3.63, 3.8) is 0 Å². The third-order valence-corrected chi connectivity index (χ3v) is 4.89. The number of rotatable bonds is 2. The first-order valence-electron chi connectivity index (χ1n) is 6.43. The maximum Gasteiger partial charge on any atom is 0.264 e. The molecule has 8 heteroatoms. The van der Waals surface area contributed by atoms with Crippen LogP contribution >= 0.6 is 10.7 Å². The van der Waals surface area contributed by atoms with Crippen LogP contribution in [0.1, 0.15) is 30.1 Å². The van der Waals surface area contributed by atoms with Gasteiger partial charge in [0.05, 0.1) is 5.56 Å². The number of nitrogens with zero attached hydrogens (tertiary/aromatic N) is 1. The lowest BCUT2D eigenvalue weighted by molar-refractivity contribution is 0.0691. The van der Waals surface area contributed by atoms with Gasteiger partial charge in [-0.2, -0.15) is 0 Å². The molecule has 1 aromatic rings. The molecule has 0 aromatic heterocycles. The Morgan fingerprint density at radius 3 is 2.38 bits per heavy atom. The summed E-state index contributed by atoms with van der Waals surface area (Å²) >= 11 is 0. The summed E-state index contributed by atoms with van der Waals surface area (Å²) in [5.74, 6) is -2.59. The third-order valence-electron chi connectivity index (χ3n) is 3.57. The second-order valence-corrected chi connectivity index (χ2v) is 7.71. The fourth-order valence-electron chi connectivity index (χ4n) is 2.28. The molecule has 0 unspecified atom stereocenters. The quantitative estimate of drug-likeness (QED) is 0.780. The standard InChI is InChI=1S/C13H14ClF2NO3S/c1-8-2-4-17(5-3-8)13(18)10-6-9(15)7-11(12(10)16)21(14,19)20/h6-8H,2-5H2,1H3. The molecule has 1 heterocycles. The van der Waals surface area contributed by atoms with Crippen molar-refractivity contribution in [3.05, 3.63) is 29.3 Å². The SMILES string of the molecule is CC1CCN(C(=O)c2cc(F)cc(S(=O)(=O)Cl)c2F)CC1. The van der Waals surface area contributed by atoms with Gasteiger partial charge in [-0.05, 0) is 30.9 Å². The number of likely N-dealkylation sites (tertiary alicyclic amines) is 1. The molecule has 0 aliphatic carbocycles. The van der Waals surface area contributed by atoms with Gasteiger partial charge in [-0.15, -0.1) is 0 Å². The molecule has 1 fully saturated rings. The molecule has 0 radical (unpaired) electrons. The van der Waals surface area contributed by atoms with E-state index in [-0.39, 0.29) is 0 Å². The van der Waals surface area contributed by atoms with E-state index in [4.69, 9.17) is 10.7 Å². The van der Waals surface area contributed by atoms with Gasteiger partial charge in [0, 0.05) is 23.8 Å². The van der Waals surface area contributed by atoms with Crippen LogP contribution in [0.2, 0.25) is 0 Å². The van der Waals surface area contributed by atoms with Gasteiger partial charge in [-0.3, -0.25) is 4.79 Å². The monoisotopic (exact) mass is 337 g/mol. The molecule has 116 valence electrons. The van der Waals surface area contributed by atoms with Crippen LogP contribution in [0.15, 0.2) is 17.0 Å². The maximum atomic E-state index is 14.2. The molecule has 0 bridgehead atoms. The molecule has 1 aromatic carbocycles. The number of carbonyl (C=O) groups is 1. The first-order valence-corrected chi connectivity index (χ1v) is 8.74. The van der Waals surface area contributed by atoms with Crippen molar-refractivity contribution >= 4 is 25.6 Å². The topological polar surface area (TPSA) is 54.5 Å². The Morgan fingerprint density at radius 2 is 1.86 bits per heavy atom. The summed E-state index contributed by atoms with van der Waals surface area (Å²) in [5.41, 5.74) is -0.608. The summed E-state index contributed by atoms with van der Waals surface area (Å²) in [6.45, 7) is 2.90. The van der Waals surface area contributed by atoms with Crippen molar-refractivity contribution in [3.8, 4) is 0 Å². The fourth-order valence-corrected chi connectivity index (χ4v) is 3.19. The zero-order valence-electron chi connectivity index (χ0n) is 11.3. The van der Waals surface area contributed by atoms with Crippen molar-refractivity contribution < 1.29 is 22.0 Å². The Morgan fingerprint density at radius 1 is 1.29 bits per heavy atom. The summed E-state index contributed by atoms with van der Waals surface area (Å²) in [6, 6.07) is 1.16. The molecular formula is C13H14ClF2NO3S. The lowest BCUT2D eigenvalue weighted by Gasteiger charge is -2.30. The van der Waals surface area contributed by atoms with E-state index in [1.807, 2.05) is 6.92 Å². The number of benzene rings is 1. The lowest BCUT2D eigenvalue weighted by atomic mass is 9.98. The van der Waals surface area contributed by atoms with Crippen LogP contribution in [0.4, 0.5) is 8.78 Å². The Labute approximate surface area is 126 Å². The number of carbonyl (C=O) groups excluding carboxylic acids is 1. The Bertz CT molecular complexity index is 670. The molecular weight excluding hydrogens is 324 g/mol. The highest BCUT2D eigenvalue weighted by molar-refractivity contribution is 8.13. The minimum atomic E-state index is -4.47. The van der Waals surface area contributed by atoms with Crippen molar-refractivity contribution in [2.75, 3.05) is 13.1 Å². The molecule has 0 spiro atoms. The van der Waals surface area contributed by atoms with Gasteiger partial charge in [0.1, 0.15) is 10.7 Å². The second kappa shape index (κ2) is 5.88. The third kappa shape index (κ3) is 3.52. The average Bonchev–Trinajstić information content (AvgIpc) is 2.40. The zero-order valence-corrected chi connectivity index (χ0v) is 12.8. The summed E-state index contributed by atoms with van der Waals surface area (Å²) in [4.78, 5) is 12.6. The first kappa shape index (κ1) is 16.2. The van der Waals surface area contributed by atoms with Crippen molar-refractivity contribution in [1.29, 1.82) is 0 Å². The van der Waals surface area contributed by atoms with Crippen LogP contribution in [0.5, 0.6) is 0 Å². The van der Waals surface area contributed by atoms with E-state index in [0.29, 0.717) is 31.1 Å². The van der Waals surface area contributed by atoms with E-state index in [1.54, 1.807) is 0 Å². The van der Waals surface area contributed by atoms with Crippen LogP contribution < -0.4 is 0 Å². The van der Waals surface area contributed by atoms with Gasteiger partial charge < -0.3 is 4.90 Å². The molecule has 1 saturated heterocycles. The van der Waals surface area contributed by atoms with Crippen LogP contribution in [-0.2, 0) is 9.05 Å². The molecule has 21 heavy (non-hydrogen) atoms. The molecule has 4 nitrogen and oxygen atoms in total. The molecule has 1 amide bonds. The van der Waals surface area contributed by atoms with Crippen LogP contribution in [0.3, 0.4) is 0 Å². The van der Waals surface area contributed by atoms with Gasteiger partial charge in [0.25, 0.3) is 15.0 Å². The average molecular weight is 338 g/mol. The summed E-state index contributed by atoms with van der Waals surface area (Å²) in [6.07, 6.45) is 1.53. The summed E-state index contributed by atoms with van der Waals surface area (Å²) in [5, 5.41) is 0. The fraction of sp³-hybridized carbons (Fsp3) is 0.462. The van der Waals surface area contributed by atoms with Crippen molar-refractivity contribution in [2.45, 2.75) is 24.7 Å². The Kier molecular flexibility index (Phi) is 4.53. The number of piperidine rings is 1. The summed E-state index contributed by atoms with van der Waals surface area (Å²) < 4.78 is 50.1. The molecule has 0 N–H and O–H groups in total. The maximum absolute atomic E-state index is 14.2. The van der Waals surface area contributed by atoms with Gasteiger partial charge in [0.15, 0.2) is 5.82 Å². The van der Waals surface area contributed by atoms with Crippen LogP contribution in [0, 0.1) is 17.6 Å². The smallest absolute Gasteiger partial charge is 0.264 e. The first-order chi connectivity index (χ1) is 9.70. The highest BCUT2D eigenvalue weighted by Crippen LogP contribution is 2.26. The highest BCUT2D eigenvalue weighted by atomic mass is 35.7. The number of hydrogen-bond donors (Lipinski definition) is 0. The van der Waals surface area contributed by atoms with E-state index < -0.39 is 37.1 Å². The highest BCUT2D eigenvalue weighted by Gasteiger charge is 2.28. The normalized spacial score (nSPS) is 17.0. The predicted molar refractivity (Wildman–Crippen MR) is 73.7 cm³/mol. The minimum Gasteiger partial charge on any atom is -0.339 e. The van der Waals surface area contributed by atoms with Gasteiger partial charge in [0.2, 0.25) is 0 Å². The Balaban J connectivity index is 2.40. The Hall–Kier alpha value is -1.21. The van der Waals surface area contributed by atoms with Crippen molar-refractivity contribution in [2.24, 2.45) is 5.92 Å². The predicted octanol–water partition coefficient (Wildman–Crippen LogP) is 2.76.